The summed E-state index contributed by atoms with van der Waals surface area (Å²) < 4.78 is 19.0. The lowest BCUT2D eigenvalue weighted by molar-refractivity contribution is -0.117. The van der Waals surface area contributed by atoms with Crippen LogP contribution in [-0.4, -0.2) is 24.4 Å². The summed E-state index contributed by atoms with van der Waals surface area (Å²) in [6.45, 7) is 2.17. The molecule has 0 spiro atoms. The zero-order chi connectivity index (χ0) is 19.9. The Balaban J connectivity index is 1.64. The third kappa shape index (κ3) is 5.18. The van der Waals surface area contributed by atoms with E-state index >= 15 is 0 Å². The molecule has 1 atom stereocenters. The largest absolute Gasteiger partial charge is 0.455 e. The van der Waals surface area contributed by atoms with E-state index in [1.54, 1.807) is 18.2 Å². The van der Waals surface area contributed by atoms with Crippen LogP contribution in [0.5, 0.6) is 11.5 Å². The lowest BCUT2D eigenvalue weighted by atomic mass is 10.1. The molecule has 144 valence electrons. The Labute approximate surface area is 164 Å². The number of carbonyl (C=O) groups excluding carboxylic acids is 1. The lowest BCUT2D eigenvalue weighted by Gasteiger charge is -2.24. The molecule has 4 nitrogen and oxygen atoms in total. The van der Waals surface area contributed by atoms with Crippen molar-refractivity contribution in [3.63, 3.8) is 0 Å². The minimum absolute atomic E-state index is 0.0258. The summed E-state index contributed by atoms with van der Waals surface area (Å²) in [7, 11) is 1.86. The van der Waals surface area contributed by atoms with Gasteiger partial charge in [-0.05, 0) is 55.9 Å². The van der Waals surface area contributed by atoms with Gasteiger partial charge < -0.3 is 10.1 Å². The third-order valence-corrected chi connectivity index (χ3v) is 4.54. The summed E-state index contributed by atoms with van der Waals surface area (Å²) in [4.78, 5) is 14.5. The van der Waals surface area contributed by atoms with Crippen LogP contribution in [0.4, 0.5) is 10.1 Å². The van der Waals surface area contributed by atoms with Gasteiger partial charge in [-0.2, -0.15) is 0 Å². The van der Waals surface area contributed by atoms with Gasteiger partial charge in [0.1, 0.15) is 11.6 Å². The molecule has 0 aliphatic rings. The highest BCUT2D eigenvalue weighted by Gasteiger charge is 2.16. The minimum atomic E-state index is -0.272. The van der Waals surface area contributed by atoms with E-state index in [2.05, 4.69) is 5.32 Å². The number of ether oxygens (including phenoxy) is 1. The molecule has 0 bridgehead atoms. The number of hydrogen-bond donors (Lipinski definition) is 1. The van der Waals surface area contributed by atoms with Crippen molar-refractivity contribution < 1.29 is 13.9 Å². The number of carbonyl (C=O) groups is 1. The zero-order valence-electron chi connectivity index (χ0n) is 15.9. The van der Waals surface area contributed by atoms with Crippen LogP contribution >= 0.6 is 0 Å². The Bertz CT molecular complexity index is 913. The Morgan fingerprint density at radius 1 is 1.00 bits per heavy atom. The first-order valence-electron chi connectivity index (χ1n) is 9.10. The van der Waals surface area contributed by atoms with Gasteiger partial charge in [-0.1, -0.05) is 42.5 Å². The van der Waals surface area contributed by atoms with E-state index in [0.717, 1.165) is 5.56 Å². The van der Waals surface area contributed by atoms with E-state index in [1.807, 2.05) is 67.4 Å². The van der Waals surface area contributed by atoms with Crippen molar-refractivity contribution in [3.8, 4) is 11.5 Å². The molecule has 0 radical (unpaired) electrons. The van der Waals surface area contributed by atoms with E-state index in [-0.39, 0.29) is 24.3 Å². The molecule has 0 fully saturated rings. The van der Waals surface area contributed by atoms with Gasteiger partial charge in [-0.3, -0.25) is 9.69 Å². The fourth-order valence-electron chi connectivity index (χ4n) is 2.82. The van der Waals surface area contributed by atoms with Gasteiger partial charge in [-0.15, -0.1) is 0 Å². The van der Waals surface area contributed by atoms with Crippen LogP contribution < -0.4 is 10.1 Å². The molecule has 0 heterocycles. The van der Waals surface area contributed by atoms with Crippen molar-refractivity contribution in [2.45, 2.75) is 13.0 Å². The topological polar surface area (TPSA) is 41.6 Å². The van der Waals surface area contributed by atoms with Gasteiger partial charge in [0.15, 0.2) is 5.75 Å². The van der Waals surface area contributed by atoms with Gasteiger partial charge >= 0.3 is 0 Å². The number of para-hydroxylation sites is 3. The van der Waals surface area contributed by atoms with E-state index in [0.29, 0.717) is 17.2 Å². The molecule has 3 rings (SSSR count). The second-order valence-electron chi connectivity index (χ2n) is 6.60. The fourth-order valence-corrected chi connectivity index (χ4v) is 2.82. The molecule has 5 heteroatoms. The first-order chi connectivity index (χ1) is 13.5. The van der Waals surface area contributed by atoms with Gasteiger partial charge in [-0.25, -0.2) is 4.39 Å². The maximum atomic E-state index is 13.1. The van der Waals surface area contributed by atoms with Crippen LogP contribution in [0, 0.1) is 5.82 Å². The van der Waals surface area contributed by atoms with Gasteiger partial charge in [0.25, 0.3) is 0 Å². The number of benzene rings is 3. The quantitative estimate of drug-likeness (QED) is 0.611. The molecule has 0 aliphatic carbocycles. The molecule has 28 heavy (non-hydrogen) atoms. The van der Waals surface area contributed by atoms with Crippen molar-refractivity contribution in [2.75, 3.05) is 18.9 Å². The average Bonchev–Trinajstić information content (AvgIpc) is 2.70. The number of hydrogen-bond acceptors (Lipinski definition) is 3. The summed E-state index contributed by atoms with van der Waals surface area (Å²) in [5.74, 6) is 0.856. The number of rotatable bonds is 7. The van der Waals surface area contributed by atoms with E-state index in [9.17, 15) is 9.18 Å². The van der Waals surface area contributed by atoms with Crippen molar-refractivity contribution in [3.05, 3.63) is 90.2 Å². The number of anilines is 1. The molecule has 0 aromatic heterocycles. The standard InChI is InChI=1S/C23H23FN2O2/c1-17(18-12-14-19(24)15-13-18)26(2)16-23(27)25-21-10-6-7-11-22(21)28-20-8-4-3-5-9-20/h3-15,17H,16H2,1-2H3,(H,25,27). The van der Waals surface area contributed by atoms with E-state index in [1.165, 1.54) is 12.1 Å². The highest BCUT2D eigenvalue weighted by Crippen LogP contribution is 2.29. The number of nitrogens with one attached hydrogen (secondary N) is 1. The van der Waals surface area contributed by atoms with Crippen LogP contribution in [0.2, 0.25) is 0 Å². The zero-order valence-corrected chi connectivity index (χ0v) is 15.9. The molecule has 3 aromatic rings. The Morgan fingerprint density at radius 2 is 1.64 bits per heavy atom. The molecule has 1 N–H and O–H groups in total. The summed E-state index contributed by atoms with van der Waals surface area (Å²) >= 11 is 0. The number of amides is 1. The van der Waals surface area contributed by atoms with Crippen LogP contribution in [0.1, 0.15) is 18.5 Å². The third-order valence-electron chi connectivity index (χ3n) is 4.54. The molecule has 1 unspecified atom stereocenters. The summed E-state index contributed by atoms with van der Waals surface area (Å²) in [6, 6.07) is 23.0. The van der Waals surface area contributed by atoms with Gasteiger partial charge in [0.05, 0.1) is 12.2 Å². The van der Waals surface area contributed by atoms with Crippen molar-refractivity contribution in [2.24, 2.45) is 0 Å². The highest BCUT2D eigenvalue weighted by molar-refractivity contribution is 5.93. The SMILES string of the molecule is CC(c1ccc(F)cc1)N(C)CC(=O)Nc1ccccc1Oc1ccccc1. The Morgan fingerprint density at radius 3 is 2.36 bits per heavy atom. The highest BCUT2D eigenvalue weighted by atomic mass is 19.1. The van der Waals surface area contributed by atoms with Crippen molar-refractivity contribution in [1.29, 1.82) is 0 Å². The monoisotopic (exact) mass is 378 g/mol. The predicted octanol–water partition coefficient (Wildman–Crippen LogP) is 5.25. The minimum Gasteiger partial charge on any atom is -0.455 e. The number of nitrogens with zero attached hydrogens (tertiary/aromatic N) is 1. The fraction of sp³-hybridized carbons (Fsp3) is 0.174. The molecular formula is C23H23FN2O2. The predicted molar refractivity (Wildman–Crippen MR) is 109 cm³/mol. The first-order valence-corrected chi connectivity index (χ1v) is 9.10. The molecule has 0 saturated heterocycles. The van der Waals surface area contributed by atoms with Gasteiger partial charge in [0, 0.05) is 6.04 Å². The molecule has 1 amide bonds. The number of halogens is 1. The molecule has 0 saturated carbocycles. The smallest absolute Gasteiger partial charge is 0.238 e. The summed E-state index contributed by atoms with van der Waals surface area (Å²) in [5.41, 5.74) is 1.56. The van der Waals surface area contributed by atoms with E-state index < -0.39 is 0 Å². The van der Waals surface area contributed by atoms with Crippen molar-refractivity contribution in [1.82, 2.24) is 4.90 Å². The second-order valence-corrected chi connectivity index (χ2v) is 6.60. The Hall–Kier alpha value is -3.18. The van der Waals surface area contributed by atoms with E-state index in [4.69, 9.17) is 4.74 Å². The van der Waals surface area contributed by atoms with Crippen LogP contribution in [-0.2, 0) is 4.79 Å². The van der Waals surface area contributed by atoms with Crippen molar-refractivity contribution >= 4 is 11.6 Å². The average molecular weight is 378 g/mol. The second kappa shape index (κ2) is 9.15. The molecule has 0 aliphatic heterocycles. The summed E-state index contributed by atoms with van der Waals surface area (Å²) in [5, 5.41) is 2.91. The normalized spacial score (nSPS) is 11.9. The van der Waals surface area contributed by atoms with Crippen LogP contribution in [0.15, 0.2) is 78.9 Å². The maximum Gasteiger partial charge on any atom is 0.238 e. The first kappa shape index (κ1) is 19.6. The number of likely N-dealkylation sites (N-methyl/N-ethyl adjacent to an activating group) is 1. The molecular weight excluding hydrogens is 355 g/mol. The molecule has 3 aromatic carbocycles. The summed E-state index contributed by atoms with van der Waals surface area (Å²) in [6.07, 6.45) is 0. The Kier molecular flexibility index (Phi) is 6.40. The van der Waals surface area contributed by atoms with Crippen LogP contribution in [0.25, 0.3) is 0 Å². The lowest BCUT2D eigenvalue weighted by Crippen LogP contribution is -2.32. The van der Waals surface area contributed by atoms with Gasteiger partial charge in [0.2, 0.25) is 5.91 Å². The maximum absolute atomic E-state index is 13.1. The van der Waals surface area contributed by atoms with Crippen LogP contribution in [0.3, 0.4) is 0 Å².